The Labute approximate surface area is 142 Å². The fraction of sp³-hybridized carbons (Fsp3) is 0.0588. The monoisotopic (exact) mass is 340 g/mol. The van der Waals surface area contributed by atoms with Gasteiger partial charge in [0.25, 0.3) is 0 Å². The maximum atomic E-state index is 13.0. The highest BCUT2D eigenvalue weighted by atomic mass is 32.2. The second kappa shape index (κ2) is 7.65. The van der Waals surface area contributed by atoms with Crippen molar-refractivity contribution >= 4 is 23.5 Å². The summed E-state index contributed by atoms with van der Waals surface area (Å²) in [5, 5.41) is 3.18. The number of aromatic nitrogens is 3. The van der Waals surface area contributed by atoms with Gasteiger partial charge in [0.2, 0.25) is 5.91 Å². The number of hydrogen-bond acceptors (Lipinski definition) is 5. The third kappa shape index (κ3) is 4.36. The first-order valence-corrected chi connectivity index (χ1v) is 8.12. The van der Waals surface area contributed by atoms with Crippen molar-refractivity contribution in [1.82, 2.24) is 15.0 Å². The molecular weight excluding hydrogens is 327 g/mol. The van der Waals surface area contributed by atoms with E-state index in [9.17, 15) is 9.18 Å². The third-order valence-electron chi connectivity index (χ3n) is 3.04. The lowest BCUT2D eigenvalue weighted by Gasteiger charge is -2.05. The molecule has 3 rings (SSSR count). The van der Waals surface area contributed by atoms with E-state index in [2.05, 4.69) is 20.3 Å². The van der Waals surface area contributed by atoms with E-state index in [1.165, 1.54) is 23.9 Å². The van der Waals surface area contributed by atoms with E-state index in [1.807, 2.05) is 0 Å². The molecule has 0 aliphatic carbocycles. The second-order valence-corrected chi connectivity index (χ2v) is 5.73. The molecule has 3 aromatic rings. The zero-order valence-electron chi connectivity index (χ0n) is 12.5. The first-order chi connectivity index (χ1) is 11.7. The number of rotatable bonds is 5. The molecule has 2 aromatic heterocycles. The summed E-state index contributed by atoms with van der Waals surface area (Å²) in [6.07, 6.45) is 3.22. The van der Waals surface area contributed by atoms with Gasteiger partial charge in [0.15, 0.2) is 5.16 Å². The van der Waals surface area contributed by atoms with Gasteiger partial charge < -0.3 is 5.32 Å². The Morgan fingerprint density at radius 2 is 1.88 bits per heavy atom. The highest BCUT2D eigenvalue weighted by Crippen LogP contribution is 2.20. The molecule has 1 amide bonds. The number of thioether (sulfide) groups is 1. The predicted molar refractivity (Wildman–Crippen MR) is 91.0 cm³/mol. The maximum Gasteiger partial charge on any atom is 0.236 e. The van der Waals surface area contributed by atoms with Gasteiger partial charge in [0.05, 0.1) is 11.4 Å². The number of anilines is 1. The number of amides is 1. The Bertz CT molecular complexity index is 828. The topological polar surface area (TPSA) is 67.8 Å². The molecule has 1 aromatic carbocycles. The molecule has 7 heteroatoms. The molecule has 0 bridgehead atoms. The van der Waals surface area contributed by atoms with Gasteiger partial charge >= 0.3 is 0 Å². The van der Waals surface area contributed by atoms with Crippen molar-refractivity contribution in [2.45, 2.75) is 5.16 Å². The molecule has 0 aliphatic rings. The van der Waals surface area contributed by atoms with Crippen LogP contribution in [0.15, 0.2) is 66.1 Å². The average molecular weight is 340 g/mol. The number of benzene rings is 1. The van der Waals surface area contributed by atoms with Crippen molar-refractivity contribution in [3.05, 3.63) is 66.7 Å². The number of halogens is 1. The van der Waals surface area contributed by atoms with Gasteiger partial charge in [-0.2, -0.15) is 0 Å². The minimum absolute atomic E-state index is 0.170. The number of nitrogens with one attached hydrogen (secondary N) is 1. The van der Waals surface area contributed by atoms with Crippen molar-refractivity contribution in [3.63, 3.8) is 0 Å². The Hall–Kier alpha value is -2.80. The summed E-state index contributed by atoms with van der Waals surface area (Å²) in [5.41, 5.74) is 1.47. The van der Waals surface area contributed by atoms with Gasteiger partial charge in [-0.25, -0.2) is 19.3 Å². The summed E-state index contributed by atoms with van der Waals surface area (Å²) in [4.78, 5) is 24.5. The lowest BCUT2D eigenvalue weighted by Crippen LogP contribution is -2.15. The third-order valence-corrected chi connectivity index (χ3v) is 3.90. The zero-order chi connectivity index (χ0) is 16.8. The smallest absolute Gasteiger partial charge is 0.236 e. The first-order valence-electron chi connectivity index (χ1n) is 7.13. The minimum atomic E-state index is -0.298. The zero-order valence-corrected chi connectivity index (χ0v) is 13.3. The van der Waals surface area contributed by atoms with E-state index in [-0.39, 0.29) is 17.5 Å². The van der Waals surface area contributed by atoms with Crippen LogP contribution in [0.5, 0.6) is 0 Å². The largest absolute Gasteiger partial charge is 0.310 e. The van der Waals surface area contributed by atoms with E-state index in [0.717, 1.165) is 5.56 Å². The second-order valence-electron chi connectivity index (χ2n) is 4.78. The molecule has 0 aliphatic heterocycles. The van der Waals surface area contributed by atoms with Gasteiger partial charge in [0.1, 0.15) is 11.6 Å². The minimum Gasteiger partial charge on any atom is -0.310 e. The molecule has 0 radical (unpaired) electrons. The molecule has 0 saturated heterocycles. The summed E-state index contributed by atoms with van der Waals surface area (Å²) in [6, 6.07) is 13.1. The van der Waals surface area contributed by atoms with Crippen molar-refractivity contribution in [2.75, 3.05) is 11.1 Å². The molecule has 0 spiro atoms. The van der Waals surface area contributed by atoms with Crippen LogP contribution in [-0.2, 0) is 4.79 Å². The van der Waals surface area contributed by atoms with E-state index >= 15 is 0 Å². The number of carbonyl (C=O) groups excluding carboxylic acids is 1. The van der Waals surface area contributed by atoms with Crippen LogP contribution in [-0.4, -0.2) is 26.6 Å². The lowest BCUT2D eigenvalue weighted by molar-refractivity contribution is -0.113. The van der Waals surface area contributed by atoms with E-state index in [1.54, 1.807) is 48.8 Å². The maximum absolute atomic E-state index is 13.0. The summed E-state index contributed by atoms with van der Waals surface area (Å²) in [6.45, 7) is 0. The lowest BCUT2D eigenvalue weighted by atomic mass is 10.1. The fourth-order valence-electron chi connectivity index (χ4n) is 1.94. The Morgan fingerprint density at radius 3 is 2.62 bits per heavy atom. The summed E-state index contributed by atoms with van der Waals surface area (Å²) in [7, 11) is 0. The van der Waals surface area contributed by atoms with E-state index < -0.39 is 0 Å². The van der Waals surface area contributed by atoms with Gasteiger partial charge in [-0.3, -0.25) is 4.79 Å². The molecule has 0 atom stereocenters. The molecule has 0 unspecified atom stereocenters. The van der Waals surface area contributed by atoms with Gasteiger partial charge in [-0.05, 0) is 42.5 Å². The number of nitrogens with zero attached hydrogens (tertiary/aromatic N) is 3. The molecule has 5 nitrogen and oxygen atoms in total. The molecule has 120 valence electrons. The van der Waals surface area contributed by atoms with Crippen LogP contribution in [0.1, 0.15) is 0 Å². The molecule has 2 heterocycles. The quantitative estimate of drug-likeness (QED) is 0.569. The summed E-state index contributed by atoms with van der Waals surface area (Å²) < 4.78 is 13.0. The van der Waals surface area contributed by atoms with Crippen LogP contribution in [0.4, 0.5) is 10.2 Å². The van der Waals surface area contributed by atoms with Crippen molar-refractivity contribution in [2.24, 2.45) is 0 Å². The standard InChI is InChI=1S/C17H13FN4OS/c18-13-6-4-12(5-7-13)14-8-10-20-17(21-14)24-11-16(23)22-15-3-1-2-9-19-15/h1-10H,11H2,(H,19,22,23). The molecule has 1 N–H and O–H groups in total. The van der Waals surface area contributed by atoms with Crippen LogP contribution in [0.2, 0.25) is 0 Å². The Kier molecular flexibility index (Phi) is 5.12. The van der Waals surface area contributed by atoms with Crippen LogP contribution < -0.4 is 5.32 Å². The Balaban J connectivity index is 1.62. The summed E-state index contributed by atoms with van der Waals surface area (Å²) >= 11 is 1.22. The normalized spacial score (nSPS) is 10.4. The van der Waals surface area contributed by atoms with Crippen molar-refractivity contribution < 1.29 is 9.18 Å². The van der Waals surface area contributed by atoms with Crippen LogP contribution in [0.25, 0.3) is 11.3 Å². The SMILES string of the molecule is O=C(CSc1nccc(-c2ccc(F)cc2)n1)Nc1ccccn1. The molecular formula is C17H13FN4OS. The Morgan fingerprint density at radius 1 is 1.04 bits per heavy atom. The highest BCUT2D eigenvalue weighted by molar-refractivity contribution is 7.99. The van der Waals surface area contributed by atoms with Gasteiger partial charge in [-0.15, -0.1) is 0 Å². The number of hydrogen-bond donors (Lipinski definition) is 1. The average Bonchev–Trinajstić information content (AvgIpc) is 2.62. The van der Waals surface area contributed by atoms with Crippen LogP contribution in [0.3, 0.4) is 0 Å². The van der Waals surface area contributed by atoms with E-state index in [4.69, 9.17) is 0 Å². The molecule has 0 fully saturated rings. The predicted octanol–water partition coefficient (Wildman–Crippen LogP) is 3.41. The first kappa shape index (κ1) is 16.1. The summed E-state index contributed by atoms with van der Waals surface area (Å²) in [5.74, 6) is 0.191. The number of carbonyl (C=O) groups is 1. The van der Waals surface area contributed by atoms with Crippen molar-refractivity contribution in [1.29, 1.82) is 0 Å². The van der Waals surface area contributed by atoms with Crippen LogP contribution in [0, 0.1) is 5.82 Å². The van der Waals surface area contributed by atoms with E-state index in [0.29, 0.717) is 16.7 Å². The highest BCUT2D eigenvalue weighted by Gasteiger charge is 2.07. The van der Waals surface area contributed by atoms with Crippen LogP contribution >= 0.6 is 11.8 Å². The van der Waals surface area contributed by atoms with Gasteiger partial charge in [0, 0.05) is 18.0 Å². The van der Waals surface area contributed by atoms with Gasteiger partial charge in [-0.1, -0.05) is 17.8 Å². The fourth-order valence-corrected chi connectivity index (χ4v) is 2.57. The number of pyridine rings is 1. The molecule has 24 heavy (non-hydrogen) atoms. The molecule has 0 saturated carbocycles. The van der Waals surface area contributed by atoms with Crippen molar-refractivity contribution in [3.8, 4) is 11.3 Å².